The Hall–Kier alpha value is -3.26. The molecule has 4 rings (SSSR count). The third-order valence-corrected chi connectivity index (χ3v) is 4.11. The van der Waals surface area contributed by atoms with Crippen molar-refractivity contribution in [2.24, 2.45) is 0 Å². The zero-order valence-corrected chi connectivity index (χ0v) is 13.1. The fourth-order valence-corrected chi connectivity index (χ4v) is 2.82. The van der Waals surface area contributed by atoms with Crippen molar-refractivity contribution in [2.45, 2.75) is 0 Å². The molecule has 114 valence electrons. The quantitative estimate of drug-likeness (QED) is 0.501. The molecule has 0 fully saturated rings. The molecule has 0 atom stereocenters. The van der Waals surface area contributed by atoms with Crippen molar-refractivity contribution in [3.63, 3.8) is 0 Å². The predicted molar refractivity (Wildman–Crippen MR) is 98.3 cm³/mol. The van der Waals surface area contributed by atoms with Gasteiger partial charge >= 0.3 is 0 Å². The van der Waals surface area contributed by atoms with E-state index in [-0.39, 0.29) is 0 Å². The van der Waals surface area contributed by atoms with Crippen molar-refractivity contribution in [1.29, 1.82) is 0 Å². The van der Waals surface area contributed by atoms with E-state index in [4.69, 9.17) is 0 Å². The smallest absolute Gasteiger partial charge is 0.0273 e. The number of pyridine rings is 2. The molecule has 0 aliphatic heterocycles. The van der Waals surface area contributed by atoms with Crippen LogP contribution in [-0.4, -0.2) is 9.97 Å². The molecular formula is C22H16N2. The van der Waals surface area contributed by atoms with Gasteiger partial charge in [0, 0.05) is 24.8 Å². The van der Waals surface area contributed by atoms with Crippen LogP contribution in [0.2, 0.25) is 0 Å². The summed E-state index contributed by atoms with van der Waals surface area (Å²) < 4.78 is 0. The Labute approximate surface area is 141 Å². The minimum Gasteiger partial charge on any atom is -0.265 e. The van der Waals surface area contributed by atoms with Crippen LogP contribution >= 0.6 is 0 Å². The summed E-state index contributed by atoms with van der Waals surface area (Å²) >= 11 is 0. The Morgan fingerprint density at radius 2 is 0.750 bits per heavy atom. The molecule has 0 bridgehead atoms. The molecule has 0 spiro atoms. The van der Waals surface area contributed by atoms with E-state index in [1.165, 1.54) is 33.4 Å². The molecule has 2 aromatic carbocycles. The second-order valence-electron chi connectivity index (χ2n) is 5.63. The Morgan fingerprint density at radius 3 is 1.25 bits per heavy atom. The summed E-state index contributed by atoms with van der Waals surface area (Å²) in [6, 6.07) is 25.4. The summed E-state index contributed by atoms with van der Waals surface area (Å²) in [7, 11) is 0. The maximum Gasteiger partial charge on any atom is 0.0273 e. The average Bonchev–Trinajstić information content (AvgIpc) is 2.70. The molecule has 2 nitrogen and oxygen atoms in total. The SMILES string of the molecule is c1cc(-c2ccncc2)cc(-c2ccc(-c3ccncc3)cc2)c1. The number of benzene rings is 2. The predicted octanol–water partition coefficient (Wildman–Crippen LogP) is 5.48. The van der Waals surface area contributed by atoms with Crippen LogP contribution in [0.15, 0.2) is 97.6 Å². The van der Waals surface area contributed by atoms with E-state index in [1.54, 1.807) is 0 Å². The number of rotatable bonds is 3. The maximum atomic E-state index is 4.09. The van der Waals surface area contributed by atoms with Crippen molar-refractivity contribution in [3.05, 3.63) is 97.6 Å². The van der Waals surface area contributed by atoms with Gasteiger partial charge in [-0.3, -0.25) is 9.97 Å². The van der Waals surface area contributed by atoms with Crippen LogP contribution in [0.25, 0.3) is 33.4 Å². The Bertz CT molecular complexity index is 930. The molecule has 2 heteroatoms. The Kier molecular flexibility index (Phi) is 3.86. The van der Waals surface area contributed by atoms with Gasteiger partial charge in [-0.05, 0) is 63.7 Å². The van der Waals surface area contributed by atoms with Gasteiger partial charge in [-0.25, -0.2) is 0 Å². The zero-order chi connectivity index (χ0) is 16.2. The first kappa shape index (κ1) is 14.3. The van der Waals surface area contributed by atoms with Crippen molar-refractivity contribution < 1.29 is 0 Å². The molecule has 0 aliphatic carbocycles. The zero-order valence-electron chi connectivity index (χ0n) is 13.1. The normalized spacial score (nSPS) is 10.5. The lowest BCUT2D eigenvalue weighted by atomic mass is 9.98. The highest BCUT2D eigenvalue weighted by molar-refractivity contribution is 5.74. The average molecular weight is 308 g/mol. The van der Waals surface area contributed by atoms with Crippen LogP contribution in [0, 0.1) is 0 Å². The highest BCUT2D eigenvalue weighted by atomic mass is 14.6. The lowest BCUT2D eigenvalue weighted by Gasteiger charge is -2.07. The van der Waals surface area contributed by atoms with Crippen molar-refractivity contribution in [2.75, 3.05) is 0 Å². The van der Waals surface area contributed by atoms with E-state index in [0.717, 1.165) is 0 Å². The van der Waals surface area contributed by atoms with Crippen LogP contribution in [0.3, 0.4) is 0 Å². The molecule has 2 aromatic heterocycles. The van der Waals surface area contributed by atoms with Gasteiger partial charge < -0.3 is 0 Å². The summed E-state index contributed by atoms with van der Waals surface area (Å²) in [6.45, 7) is 0. The van der Waals surface area contributed by atoms with E-state index in [1.807, 2.05) is 49.1 Å². The van der Waals surface area contributed by atoms with E-state index in [2.05, 4.69) is 58.5 Å². The van der Waals surface area contributed by atoms with Gasteiger partial charge in [0.2, 0.25) is 0 Å². The summed E-state index contributed by atoms with van der Waals surface area (Å²) in [4.78, 5) is 8.16. The second-order valence-corrected chi connectivity index (χ2v) is 5.63. The minimum atomic E-state index is 1.18. The van der Waals surface area contributed by atoms with Crippen LogP contribution < -0.4 is 0 Å². The minimum absolute atomic E-state index is 1.18. The monoisotopic (exact) mass is 308 g/mol. The lowest BCUT2D eigenvalue weighted by Crippen LogP contribution is -1.83. The van der Waals surface area contributed by atoms with Gasteiger partial charge in [-0.15, -0.1) is 0 Å². The van der Waals surface area contributed by atoms with Gasteiger partial charge in [0.05, 0.1) is 0 Å². The Morgan fingerprint density at radius 1 is 0.375 bits per heavy atom. The maximum absolute atomic E-state index is 4.09. The third-order valence-electron chi connectivity index (χ3n) is 4.11. The van der Waals surface area contributed by atoms with Gasteiger partial charge in [0.25, 0.3) is 0 Å². The molecule has 0 N–H and O–H groups in total. The summed E-state index contributed by atoms with van der Waals surface area (Å²) in [5.41, 5.74) is 7.19. The van der Waals surface area contributed by atoms with Crippen molar-refractivity contribution in [3.8, 4) is 33.4 Å². The van der Waals surface area contributed by atoms with E-state index in [9.17, 15) is 0 Å². The number of hydrogen-bond donors (Lipinski definition) is 0. The highest BCUT2D eigenvalue weighted by Crippen LogP contribution is 2.28. The molecule has 4 aromatic rings. The fraction of sp³-hybridized carbons (Fsp3) is 0. The van der Waals surface area contributed by atoms with E-state index < -0.39 is 0 Å². The van der Waals surface area contributed by atoms with Crippen LogP contribution in [0.4, 0.5) is 0 Å². The first-order chi connectivity index (χ1) is 11.9. The second kappa shape index (κ2) is 6.47. The highest BCUT2D eigenvalue weighted by Gasteiger charge is 2.03. The first-order valence-corrected chi connectivity index (χ1v) is 7.91. The van der Waals surface area contributed by atoms with Crippen LogP contribution in [0.1, 0.15) is 0 Å². The van der Waals surface area contributed by atoms with Crippen LogP contribution in [-0.2, 0) is 0 Å². The van der Waals surface area contributed by atoms with Crippen molar-refractivity contribution >= 4 is 0 Å². The standard InChI is InChI=1S/C22H16N2/c1-2-21(16-22(3-1)20-10-14-24-15-11-20)18-6-4-17(5-7-18)19-8-12-23-13-9-19/h1-16H. The van der Waals surface area contributed by atoms with Gasteiger partial charge in [0.15, 0.2) is 0 Å². The molecule has 0 saturated carbocycles. The van der Waals surface area contributed by atoms with Crippen LogP contribution in [0.5, 0.6) is 0 Å². The topological polar surface area (TPSA) is 25.8 Å². The van der Waals surface area contributed by atoms with E-state index >= 15 is 0 Å². The van der Waals surface area contributed by atoms with E-state index in [0.29, 0.717) is 0 Å². The number of nitrogens with zero attached hydrogens (tertiary/aromatic N) is 2. The molecule has 0 aliphatic rings. The summed E-state index contributed by atoms with van der Waals surface area (Å²) in [6.07, 6.45) is 7.29. The summed E-state index contributed by atoms with van der Waals surface area (Å²) in [5, 5.41) is 0. The molecule has 0 unspecified atom stereocenters. The largest absolute Gasteiger partial charge is 0.265 e. The number of aromatic nitrogens is 2. The summed E-state index contributed by atoms with van der Waals surface area (Å²) in [5.74, 6) is 0. The molecule has 0 amide bonds. The molecule has 0 saturated heterocycles. The van der Waals surface area contributed by atoms with Gasteiger partial charge in [-0.1, -0.05) is 42.5 Å². The molecule has 24 heavy (non-hydrogen) atoms. The number of hydrogen-bond acceptors (Lipinski definition) is 2. The first-order valence-electron chi connectivity index (χ1n) is 7.91. The molecule has 2 heterocycles. The van der Waals surface area contributed by atoms with Gasteiger partial charge in [0.1, 0.15) is 0 Å². The molecule has 0 radical (unpaired) electrons. The van der Waals surface area contributed by atoms with Crippen molar-refractivity contribution in [1.82, 2.24) is 9.97 Å². The third kappa shape index (κ3) is 2.95. The Balaban J connectivity index is 1.67. The lowest BCUT2D eigenvalue weighted by molar-refractivity contribution is 1.33. The molecular weight excluding hydrogens is 292 g/mol. The fourth-order valence-electron chi connectivity index (χ4n) is 2.82. The van der Waals surface area contributed by atoms with Gasteiger partial charge in [-0.2, -0.15) is 0 Å².